The maximum Gasteiger partial charge on any atom is 0.158 e. The molecular formula is C11H8ClN5. The van der Waals surface area contributed by atoms with Crippen LogP contribution in [0.3, 0.4) is 0 Å². The van der Waals surface area contributed by atoms with Gasteiger partial charge in [-0.15, -0.1) is 0 Å². The molecular weight excluding hydrogens is 238 g/mol. The molecule has 2 aromatic heterocycles. The molecule has 0 aliphatic heterocycles. The van der Waals surface area contributed by atoms with E-state index in [1.807, 2.05) is 22.8 Å². The van der Waals surface area contributed by atoms with Crippen LogP contribution in [0.25, 0.3) is 16.9 Å². The predicted molar refractivity (Wildman–Crippen MR) is 66.1 cm³/mol. The van der Waals surface area contributed by atoms with Crippen LogP contribution in [0.5, 0.6) is 0 Å². The Morgan fingerprint density at radius 3 is 2.94 bits per heavy atom. The van der Waals surface area contributed by atoms with Crippen molar-refractivity contribution in [3.8, 4) is 5.82 Å². The van der Waals surface area contributed by atoms with Crippen LogP contribution in [-0.2, 0) is 0 Å². The van der Waals surface area contributed by atoms with Gasteiger partial charge in [-0.25, -0.2) is 9.97 Å². The van der Waals surface area contributed by atoms with Gasteiger partial charge in [0.15, 0.2) is 5.82 Å². The number of aromatic nitrogens is 4. The Bertz CT molecular complexity index is 691. The van der Waals surface area contributed by atoms with E-state index < -0.39 is 0 Å². The zero-order chi connectivity index (χ0) is 11.8. The fourth-order valence-electron chi connectivity index (χ4n) is 1.66. The normalized spacial score (nSPS) is 10.9. The molecule has 6 heteroatoms. The zero-order valence-electron chi connectivity index (χ0n) is 8.71. The van der Waals surface area contributed by atoms with Gasteiger partial charge in [0.2, 0.25) is 0 Å². The minimum atomic E-state index is 0.347. The van der Waals surface area contributed by atoms with Crippen LogP contribution in [0.1, 0.15) is 0 Å². The monoisotopic (exact) mass is 245 g/mol. The van der Waals surface area contributed by atoms with E-state index in [4.69, 9.17) is 17.3 Å². The Balaban J connectivity index is 2.24. The Kier molecular flexibility index (Phi) is 2.19. The maximum atomic E-state index is 5.81. The number of hydrogen-bond donors (Lipinski definition) is 1. The van der Waals surface area contributed by atoms with Crippen molar-refractivity contribution in [3.05, 3.63) is 42.1 Å². The molecule has 84 valence electrons. The van der Waals surface area contributed by atoms with E-state index in [2.05, 4.69) is 15.0 Å². The van der Waals surface area contributed by atoms with E-state index in [0.29, 0.717) is 16.7 Å². The van der Waals surface area contributed by atoms with Crippen LogP contribution in [0.2, 0.25) is 5.15 Å². The van der Waals surface area contributed by atoms with Crippen LogP contribution < -0.4 is 5.73 Å². The number of fused-ring (bicyclic) bond motifs is 1. The highest BCUT2D eigenvalue weighted by molar-refractivity contribution is 6.29. The standard InChI is InChI=1S/C11H8ClN5/c12-10-4-14-5-11(16-10)17-6-15-8-3-7(13)1-2-9(8)17/h1-6H,13H2. The molecule has 2 heterocycles. The summed E-state index contributed by atoms with van der Waals surface area (Å²) in [6.07, 6.45) is 4.79. The second kappa shape index (κ2) is 3.71. The third kappa shape index (κ3) is 1.70. The lowest BCUT2D eigenvalue weighted by Gasteiger charge is -2.02. The Labute approximate surface area is 102 Å². The van der Waals surface area contributed by atoms with Crippen molar-refractivity contribution in [2.45, 2.75) is 0 Å². The summed E-state index contributed by atoms with van der Waals surface area (Å²) in [5, 5.41) is 0.347. The summed E-state index contributed by atoms with van der Waals surface area (Å²) in [5.41, 5.74) is 8.10. The predicted octanol–water partition coefficient (Wildman–Crippen LogP) is 2.05. The van der Waals surface area contributed by atoms with Gasteiger partial charge in [0.25, 0.3) is 0 Å². The molecule has 0 spiro atoms. The van der Waals surface area contributed by atoms with E-state index in [0.717, 1.165) is 11.0 Å². The molecule has 0 bridgehead atoms. The molecule has 0 unspecified atom stereocenters. The fourth-order valence-corrected chi connectivity index (χ4v) is 1.80. The first-order chi connectivity index (χ1) is 8.24. The molecule has 1 aromatic carbocycles. The largest absolute Gasteiger partial charge is 0.399 e. The minimum Gasteiger partial charge on any atom is -0.399 e. The number of halogens is 1. The number of benzene rings is 1. The van der Waals surface area contributed by atoms with Gasteiger partial charge in [-0.2, -0.15) is 0 Å². The van der Waals surface area contributed by atoms with Crippen LogP contribution in [0.15, 0.2) is 36.9 Å². The molecule has 0 atom stereocenters. The van der Waals surface area contributed by atoms with Crippen LogP contribution in [0.4, 0.5) is 5.69 Å². The van der Waals surface area contributed by atoms with Crippen molar-refractivity contribution in [2.24, 2.45) is 0 Å². The first-order valence-electron chi connectivity index (χ1n) is 4.94. The second-order valence-corrected chi connectivity index (χ2v) is 3.95. The molecule has 0 saturated carbocycles. The van der Waals surface area contributed by atoms with E-state index in [9.17, 15) is 0 Å². The molecule has 0 aliphatic rings. The van der Waals surface area contributed by atoms with E-state index >= 15 is 0 Å². The highest BCUT2D eigenvalue weighted by Crippen LogP contribution is 2.19. The third-order valence-electron chi connectivity index (χ3n) is 2.41. The molecule has 2 N–H and O–H groups in total. The highest BCUT2D eigenvalue weighted by Gasteiger charge is 2.06. The van der Waals surface area contributed by atoms with Gasteiger partial charge in [0, 0.05) is 5.69 Å². The summed E-state index contributed by atoms with van der Waals surface area (Å²) in [6, 6.07) is 5.52. The molecule has 0 amide bonds. The molecule has 3 aromatic rings. The second-order valence-electron chi connectivity index (χ2n) is 3.56. The summed E-state index contributed by atoms with van der Waals surface area (Å²) >= 11 is 5.81. The van der Waals surface area contributed by atoms with Gasteiger partial charge < -0.3 is 5.73 Å². The molecule has 0 saturated heterocycles. The lowest BCUT2D eigenvalue weighted by molar-refractivity contribution is 0.996. The van der Waals surface area contributed by atoms with Crippen LogP contribution in [-0.4, -0.2) is 19.5 Å². The first kappa shape index (κ1) is 10.0. The summed E-state index contributed by atoms with van der Waals surface area (Å²) in [7, 11) is 0. The van der Waals surface area contributed by atoms with Gasteiger partial charge in [0.1, 0.15) is 11.5 Å². The number of nitrogen functional groups attached to an aromatic ring is 1. The third-order valence-corrected chi connectivity index (χ3v) is 2.59. The van der Waals surface area contributed by atoms with Crippen molar-refractivity contribution in [3.63, 3.8) is 0 Å². The molecule has 0 aliphatic carbocycles. The quantitative estimate of drug-likeness (QED) is 0.666. The van der Waals surface area contributed by atoms with E-state index in [1.54, 1.807) is 12.5 Å². The van der Waals surface area contributed by atoms with Crippen LogP contribution in [0, 0.1) is 0 Å². The van der Waals surface area contributed by atoms with Crippen molar-refractivity contribution in [2.75, 3.05) is 5.73 Å². The Morgan fingerprint density at radius 1 is 1.24 bits per heavy atom. The van der Waals surface area contributed by atoms with Crippen molar-refractivity contribution < 1.29 is 0 Å². The Morgan fingerprint density at radius 2 is 2.12 bits per heavy atom. The van der Waals surface area contributed by atoms with Gasteiger partial charge in [-0.05, 0) is 18.2 Å². The van der Waals surface area contributed by atoms with Gasteiger partial charge in [0.05, 0.1) is 23.4 Å². The summed E-state index contributed by atoms with van der Waals surface area (Å²) in [4.78, 5) is 12.4. The molecule has 0 radical (unpaired) electrons. The van der Waals surface area contributed by atoms with E-state index in [-0.39, 0.29) is 0 Å². The first-order valence-corrected chi connectivity index (χ1v) is 5.32. The van der Waals surface area contributed by atoms with Crippen LogP contribution >= 0.6 is 11.6 Å². The minimum absolute atomic E-state index is 0.347. The van der Waals surface area contributed by atoms with Gasteiger partial charge in [-0.3, -0.25) is 9.55 Å². The van der Waals surface area contributed by atoms with Crippen molar-refractivity contribution in [1.82, 2.24) is 19.5 Å². The molecule has 3 rings (SSSR count). The number of anilines is 1. The summed E-state index contributed by atoms with van der Waals surface area (Å²) in [5.74, 6) is 0.629. The number of hydrogen-bond acceptors (Lipinski definition) is 4. The molecule has 0 fully saturated rings. The SMILES string of the molecule is Nc1ccc2c(c1)ncn2-c1cncc(Cl)n1. The van der Waals surface area contributed by atoms with Crippen molar-refractivity contribution >= 4 is 28.3 Å². The number of rotatable bonds is 1. The summed E-state index contributed by atoms with van der Waals surface area (Å²) in [6.45, 7) is 0. The average molecular weight is 246 g/mol. The Hall–Kier alpha value is -2.14. The topological polar surface area (TPSA) is 69.6 Å². The highest BCUT2D eigenvalue weighted by atomic mass is 35.5. The summed E-state index contributed by atoms with van der Waals surface area (Å²) < 4.78 is 1.81. The van der Waals surface area contributed by atoms with Gasteiger partial charge >= 0.3 is 0 Å². The average Bonchev–Trinajstić information content (AvgIpc) is 2.71. The zero-order valence-corrected chi connectivity index (χ0v) is 9.46. The number of nitrogens with two attached hydrogens (primary N) is 1. The van der Waals surface area contributed by atoms with Crippen molar-refractivity contribution in [1.29, 1.82) is 0 Å². The number of imidazole rings is 1. The fraction of sp³-hybridized carbons (Fsp3) is 0. The van der Waals surface area contributed by atoms with Gasteiger partial charge in [-0.1, -0.05) is 11.6 Å². The molecule has 17 heavy (non-hydrogen) atoms. The molecule has 5 nitrogen and oxygen atoms in total. The smallest absolute Gasteiger partial charge is 0.158 e. The van der Waals surface area contributed by atoms with E-state index in [1.165, 1.54) is 6.20 Å². The lowest BCUT2D eigenvalue weighted by Crippen LogP contribution is -1.96. The lowest BCUT2D eigenvalue weighted by atomic mass is 10.3. The number of nitrogens with zero attached hydrogens (tertiary/aromatic N) is 4. The maximum absolute atomic E-state index is 5.81.